The van der Waals surface area contributed by atoms with E-state index in [-0.39, 0.29) is 6.04 Å². The van der Waals surface area contributed by atoms with Gasteiger partial charge in [-0.05, 0) is 55.9 Å². The standard InChI is InChI=1S/C17H22N2/c1-3-13-7-4-5-9-16(13)19-12(2)11-14-15(18)8-6-10-17(14)19/h4-5,7,9,11,15H,3,6,8,10,18H2,1-2H3. The number of benzene rings is 1. The summed E-state index contributed by atoms with van der Waals surface area (Å²) in [7, 11) is 0. The van der Waals surface area contributed by atoms with Crippen LogP contribution in [-0.2, 0) is 12.8 Å². The molecule has 0 amide bonds. The first-order valence-electron chi connectivity index (χ1n) is 7.27. The molecule has 1 aromatic heterocycles. The summed E-state index contributed by atoms with van der Waals surface area (Å²) in [5, 5.41) is 0. The topological polar surface area (TPSA) is 30.9 Å². The Morgan fingerprint density at radius 1 is 1.32 bits per heavy atom. The summed E-state index contributed by atoms with van der Waals surface area (Å²) in [5.74, 6) is 0. The highest BCUT2D eigenvalue weighted by Gasteiger charge is 2.23. The van der Waals surface area contributed by atoms with Gasteiger partial charge in [0.05, 0.1) is 0 Å². The highest BCUT2D eigenvalue weighted by Crippen LogP contribution is 2.33. The molecule has 2 nitrogen and oxygen atoms in total. The first-order valence-corrected chi connectivity index (χ1v) is 7.27. The highest BCUT2D eigenvalue weighted by atomic mass is 15.0. The van der Waals surface area contributed by atoms with Gasteiger partial charge in [-0.1, -0.05) is 25.1 Å². The molecule has 1 aliphatic carbocycles. The second kappa shape index (κ2) is 4.86. The van der Waals surface area contributed by atoms with Crippen molar-refractivity contribution in [3.8, 4) is 5.69 Å². The van der Waals surface area contributed by atoms with Crippen LogP contribution in [0.4, 0.5) is 0 Å². The average molecular weight is 254 g/mol. The van der Waals surface area contributed by atoms with Gasteiger partial charge in [0.2, 0.25) is 0 Å². The monoisotopic (exact) mass is 254 g/mol. The zero-order chi connectivity index (χ0) is 13.4. The summed E-state index contributed by atoms with van der Waals surface area (Å²) < 4.78 is 2.42. The maximum absolute atomic E-state index is 6.26. The van der Waals surface area contributed by atoms with E-state index in [2.05, 4.69) is 48.7 Å². The van der Waals surface area contributed by atoms with Crippen molar-refractivity contribution in [2.75, 3.05) is 0 Å². The van der Waals surface area contributed by atoms with Crippen molar-refractivity contribution >= 4 is 0 Å². The molecule has 0 saturated heterocycles. The molecule has 0 radical (unpaired) electrons. The second-order valence-electron chi connectivity index (χ2n) is 5.50. The minimum Gasteiger partial charge on any atom is -0.324 e. The Morgan fingerprint density at radius 2 is 2.11 bits per heavy atom. The van der Waals surface area contributed by atoms with E-state index in [9.17, 15) is 0 Å². The number of para-hydroxylation sites is 1. The Hall–Kier alpha value is -1.54. The molecule has 1 aromatic carbocycles. The molecular weight excluding hydrogens is 232 g/mol. The van der Waals surface area contributed by atoms with Crippen LogP contribution in [0.1, 0.15) is 48.3 Å². The fourth-order valence-electron chi connectivity index (χ4n) is 3.30. The zero-order valence-corrected chi connectivity index (χ0v) is 11.8. The van der Waals surface area contributed by atoms with Gasteiger partial charge in [0.25, 0.3) is 0 Å². The first kappa shape index (κ1) is 12.5. The van der Waals surface area contributed by atoms with Crippen LogP contribution >= 0.6 is 0 Å². The van der Waals surface area contributed by atoms with Crippen molar-refractivity contribution in [3.05, 3.63) is 52.8 Å². The Bertz CT molecular complexity index is 595. The Kier molecular flexibility index (Phi) is 3.19. The minimum atomic E-state index is 0.220. The number of aromatic nitrogens is 1. The number of nitrogens with zero attached hydrogens (tertiary/aromatic N) is 1. The van der Waals surface area contributed by atoms with Crippen LogP contribution in [0.2, 0.25) is 0 Å². The van der Waals surface area contributed by atoms with Gasteiger partial charge in [-0.2, -0.15) is 0 Å². The summed E-state index contributed by atoms with van der Waals surface area (Å²) in [6.07, 6.45) is 4.53. The Labute approximate surface area is 115 Å². The third-order valence-corrected chi connectivity index (χ3v) is 4.26. The van der Waals surface area contributed by atoms with Crippen LogP contribution in [0.25, 0.3) is 5.69 Å². The van der Waals surface area contributed by atoms with E-state index in [1.807, 2.05) is 0 Å². The number of hydrogen-bond acceptors (Lipinski definition) is 1. The molecule has 2 N–H and O–H groups in total. The molecule has 0 bridgehead atoms. The van der Waals surface area contributed by atoms with Crippen molar-refractivity contribution < 1.29 is 0 Å². The lowest BCUT2D eigenvalue weighted by atomic mass is 9.93. The molecule has 1 unspecified atom stereocenters. The number of hydrogen-bond donors (Lipinski definition) is 1. The normalized spacial score (nSPS) is 18.4. The summed E-state index contributed by atoms with van der Waals surface area (Å²) >= 11 is 0. The summed E-state index contributed by atoms with van der Waals surface area (Å²) in [5.41, 5.74) is 13.1. The van der Waals surface area contributed by atoms with Gasteiger partial charge in [-0.3, -0.25) is 0 Å². The Morgan fingerprint density at radius 3 is 2.89 bits per heavy atom. The number of rotatable bonds is 2. The predicted molar refractivity (Wildman–Crippen MR) is 79.8 cm³/mol. The van der Waals surface area contributed by atoms with Crippen molar-refractivity contribution in [3.63, 3.8) is 0 Å². The lowest BCUT2D eigenvalue weighted by Crippen LogP contribution is -2.18. The quantitative estimate of drug-likeness (QED) is 0.870. The van der Waals surface area contributed by atoms with Gasteiger partial charge >= 0.3 is 0 Å². The fraction of sp³-hybridized carbons (Fsp3) is 0.412. The highest BCUT2D eigenvalue weighted by molar-refractivity contribution is 5.48. The van der Waals surface area contributed by atoms with E-state index in [0.717, 1.165) is 19.3 Å². The Balaban J connectivity index is 2.20. The summed E-state index contributed by atoms with van der Waals surface area (Å²) in [6.45, 7) is 4.41. The van der Waals surface area contributed by atoms with Crippen molar-refractivity contribution in [1.82, 2.24) is 4.57 Å². The molecule has 3 rings (SSSR count). The third-order valence-electron chi connectivity index (χ3n) is 4.26. The predicted octanol–water partition coefficient (Wildman–Crippen LogP) is 3.68. The van der Waals surface area contributed by atoms with Gasteiger partial charge in [-0.15, -0.1) is 0 Å². The lowest BCUT2D eigenvalue weighted by molar-refractivity contribution is 0.559. The average Bonchev–Trinajstić information content (AvgIpc) is 2.76. The van der Waals surface area contributed by atoms with Crippen LogP contribution in [0.3, 0.4) is 0 Å². The van der Waals surface area contributed by atoms with Crippen LogP contribution in [0.15, 0.2) is 30.3 Å². The SMILES string of the molecule is CCc1ccccc1-n1c(C)cc2c1CCCC2N. The van der Waals surface area contributed by atoms with Crippen molar-refractivity contribution in [2.45, 2.75) is 45.6 Å². The molecule has 0 saturated carbocycles. The third kappa shape index (κ3) is 2.00. The lowest BCUT2D eigenvalue weighted by Gasteiger charge is -2.22. The smallest absolute Gasteiger partial charge is 0.0487 e. The van der Waals surface area contributed by atoms with Crippen LogP contribution in [0.5, 0.6) is 0 Å². The molecule has 0 fully saturated rings. The van der Waals surface area contributed by atoms with Crippen LogP contribution in [-0.4, -0.2) is 4.57 Å². The summed E-state index contributed by atoms with van der Waals surface area (Å²) in [4.78, 5) is 0. The van der Waals surface area contributed by atoms with Gasteiger partial charge in [0.15, 0.2) is 0 Å². The minimum absolute atomic E-state index is 0.220. The maximum Gasteiger partial charge on any atom is 0.0487 e. The van der Waals surface area contributed by atoms with Gasteiger partial charge < -0.3 is 10.3 Å². The maximum atomic E-state index is 6.26. The van der Waals surface area contributed by atoms with Gasteiger partial charge in [0.1, 0.15) is 0 Å². The van der Waals surface area contributed by atoms with Crippen LogP contribution < -0.4 is 5.73 Å². The molecule has 1 heterocycles. The largest absolute Gasteiger partial charge is 0.324 e. The van der Waals surface area contributed by atoms with Crippen molar-refractivity contribution in [2.24, 2.45) is 5.73 Å². The van der Waals surface area contributed by atoms with E-state index >= 15 is 0 Å². The van der Waals surface area contributed by atoms with E-state index in [1.54, 1.807) is 0 Å². The molecular formula is C17H22N2. The van der Waals surface area contributed by atoms with Crippen LogP contribution in [0, 0.1) is 6.92 Å². The van der Waals surface area contributed by atoms with E-state index in [1.165, 1.54) is 34.6 Å². The first-order chi connectivity index (χ1) is 9.22. The number of fused-ring (bicyclic) bond motifs is 1. The fourth-order valence-corrected chi connectivity index (χ4v) is 3.30. The zero-order valence-electron chi connectivity index (χ0n) is 11.8. The number of nitrogens with two attached hydrogens (primary N) is 1. The van der Waals surface area contributed by atoms with Crippen molar-refractivity contribution in [1.29, 1.82) is 0 Å². The van der Waals surface area contributed by atoms with E-state index in [0.29, 0.717) is 0 Å². The molecule has 1 atom stereocenters. The molecule has 19 heavy (non-hydrogen) atoms. The molecule has 0 aliphatic heterocycles. The molecule has 1 aliphatic rings. The molecule has 100 valence electrons. The van der Waals surface area contributed by atoms with E-state index in [4.69, 9.17) is 5.73 Å². The van der Waals surface area contributed by atoms with Gasteiger partial charge in [-0.25, -0.2) is 0 Å². The second-order valence-corrected chi connectivity index (χ2v) is 5.50. The van der Waals surface area contributed by atoms with Gasteiger partial charge in [0, 0.05) is 23.1 Å². The molecule has 2 aromatic rings. The summed E-state index contributed by atoms with van der Waals surface area (Å²) in [6, 6.07) is 11.2. The number of aryl methyl sites for hydroxylation is 2. The van der Waals surface area contributed by atoms with E-state index < -0.39 is 0 Å². The molecule has 2 heteroatoms. The molecule has 0 spiro atoms.